The number of aromatic nitrogens is 1. The number of furan rings is 1. The van der Waals surface area contributed by atoms with E-state index in [1.807, 2.05) is 19.1 Å². The van der Waals surface area contributed by atoms with Crippen molar-refractivity contribution in [2.75, 3.05) is 0 Å². The molecule has 118 valence electrons. The van der Waals surface area contributed by atoms with Crippen LogP contribution in [0.5, 0.6) is 0 Å². The first kappa shape index (κ1) is 15.4. The predicted molar refractivity (Wildman–Crippen MR) is 88.5 cm³/mol. The Labute approximate surface area is 137 Å². The molecule has 2 heterocycles. The van der Waals surface area contributed by atoms with Crippen LogP contribution in [0.4, 0.5) is 0 Å². The Morgan fingerprint density at radius 2 is 2.00 bits per heavy atom. The molecular weight excluding hydrogens is 316 g/mol. The molecule has 3 aromatic rings. The number of amides is 1. The van der Waals surface area contributed by atoms with Crippen LogP contribution >= 0.6 is 11.6 Å². The van der Waals surface area contributed by atoms with E-state index in [9.17, 15) is 9.59 Å². The molecule has 0 radical (unpaired) electrons. The number of carbonyl (C=O) groups is 1. The number of halogens is 1. The maximum atomic E-state index is 12.2. The van der Waals surface area contributed by atoms with Gasteiger partial charge in [-0.05, 0) is 36.8 Å². The van der Waals surface area contributed by atoms with Crippen LogP contribution in [0, 0.1) is 0 Å². The number of carbonyl (C=O) groups excluding carboxylic acids is 1. The number of nitrogens with one attached hydrogen (secondary N) is 1. The lowest BCUT2D eigenvalue weighted by molar-refractivity contribution is -0.122. The van der Waals surface area contributed by atoms with Gasteiger partial charge in [0.15, 0.2) is 0 Å². The van der Waals surface area contributed by atoms with Crippen molar-refractivity contribution in [1.29, 1.82) is 0 Å². The van der Waals surface area contributed by atoms with Crippen molar-refractivity contribution in [3.05, 3.63) is 69.8 Å². The molecule has 1 unspecified atom stereocenters. The Kier molecular flexibility index (Phi) is 4.21. The third kappa shape index (κ3) is 3.29. The summed E-state index contributed by atoms with van der Waals surface area (Å²) >= 11 is 5.85. The normalized spacial score (nSPS) is 12.3. The molecule has 1 aromatic carbocycles. The minimum Gasteiger partial charge on any atom is -0.464 e. The minimum absolute atomic E-state index is 0.0438. The number of hydrogen-bond acceptors (Lipinski definition) is 3. The van der Waals surface area contributed by atoms with Crippen LogP contribution in [0.2, 0.25) is 5.02 Å². The lowest BCUT2D eigenvalue weighted by Gasteiger charge is -2.15. The predicted octanol–water partition coefficient (Wildman–Crippen LogP) is 3.13. The zero-order valence-corrected chi connectivity index (χ0v) is 13.2. The van der Waals surface area contributed by atoms with Gasteiger partial charge in [0, 0.05) is 11.2 Å². The molecule has 23 heavy (non-hydrogen) atoms. The highest BCUT2D eigenvalue weighted by Crippen LogP contribution is 2.16. The molecule has 0 aliphatic rings. The molecule has 0 fully saturated rings. The second kappa shape index (κ2) is 6.30. The Morgan fingerprint density at radius 3 is 2.74 bits per heavy atom. The average molecular weight is 331 g/mol. The van der Waals surface area contributed by atoms with Crippen molar-refractivity contribution in [2.24, 2.45) is 0 Å². The fourth-order valence-electron chi connectivity index (χ4n) is 2.41. The SMILES string of the molecule is CC(NC(=O)Cn1ccc2occc2c1=O)c1ccc(Cl)cc1. The summed E-state index contributed by atoms with van der Waals surface area (Å²) in [5.41, 5.74) is 1.21. The molecule has 5 nitrogen and oxygen atoms in total. The van der Waals surface area contributed by atoms with Crippen molar-refractivity contribution < 1.29 is 9.21 Å². The summed E-state index contributed by atoms with van der Waals surface area (Å²) in [4.78, 5) is 24.4. The maximum absolute atomic E-state index is 12.2. The van der Waals surface area contributed by atoms with Crippen LogP contribution in [-0.2, 0) is 11.3 Å². The van der Waals surface area contributed by atoms with Gasteiger partial charge in [0.2, 0.25) is 5.91 Å². The van der Waals surface area contributed by atoms with Gasteiger partial charge < -0.3 is 14.3 Å². The van der Waals surface area contributed by atoms with E-state index in [0.29, 0.717) is 16.0 Å². The topological polar surface area (TPSA) is 64.2 Å². The van der Waals surface area contributed by atoms with Gasteiger partial charge in [-0.3, -0.25) is 9.59 Å². The van der Waals surface area contributed by atoms with Gasteiger partial charge in [0.05, 0.1) is 17.7 Å². The van der Waals surface area contributed by atoms with Crippen molar-refractivity contribution in [3.8, 4) is 0 Å². The monoisotopic (exact) mass is 330 g/mol. The van der Waals surface area contributed by atoms with E-state index in [1.165, 1.54) is 10.8 Å². The van der Waals surface area contributed by atoms with Gasteiger partial charge in [-0.1, -0.05) is 23.7 Å². The van der Waals surface area contributed by atoms with E-state index < -0.39 is 0 Å². The van der Waals surface area contributed by atoms with Crippen LogP contribution in [0.15, 0.2) is 58.1 Å². The Balaban J connectivity index is 1.72. The molecule has 0 aliphatic heterocycles. The summed E-state index contributed by atoms with van der Waals surface area (Å²) in [5.74, 6) is -0.239. The zero-order chi connectivity index (χ0) is 16.4. The maximum Gasteiger partial charge on any atom is 0.262 e. The van der Waals surface area contributed by atoms with Crippen LogP contribution in [0.1, 0.15) is 18.5 Å². The van der Waals surface area contributed by atoms with Crippen LogP contribution in [0.25, 0.3) is 11.0 Å². The molecular formula is C17H15ClN2O3. The van der Waals surface area contributed by atoms with Gasteiger partial charge in [-0.2, -0.15) is 0 Å². The third-order valence-corrected chi connectivity index (χ3v) is 3.91. The van der Waals surface area contributed by atoms with Gasteiger partial charge in [-0.25, -0.2) is 0 Å². The van der Waals surface area contributed by atoms with E-state index in [-0.39, 0.29) is 24.1 Å². The highest BCUT2D eigenvalue weighted by molar-refractivity contribution is 6.30. The van der Waals surface area contributed by atoms with Gasteiger partial charge in [0.1, 0.15) is 12.1 Å². The molecule has 2 aromatic heterocycles. The first-order valence-corrected chi connectivity index (χ1v) is 7.54. The summed E-state index contributed by atoms with van der Waals surface area (Å²) in [5, 5.41) is 3.98. The molecule has 1 amide bonds. The molecule has 0 saturated heterocycles. The molecule has 0 spiro atoms. The van der Waals surface area contributed by atoms with Gasteiger partial charge in [-0.15, -0.1) is 0 Å². The molecule has 0 aliphatic carbocycles. The Hall–Kier alpha value is -2.53. The summed E-state index contributed by atoms with van der Waals surface area (Å²) in [6.45, 7) is 1.83. The fraction of sp³-hybridized carbons (Fsp3) is 0.176. The standard InChI is InChI=1S/C17H15ClN2O3/c1-11(12-2-4-13(18)5-3-12)19-16(21)10-20-8-6-15-14(17(20)22)7-9-23-15/h2-9,11H,10H2,1H3,(H,19,21). The van der Waals surface area contributed by atoms with E-state index in [2.05, 4.69) is 5.32 Å². The number of rotatable bonds is 4. The van der Waals surface area contributed by atoms with E-state index in [1.54, 1.807) is 30.5 Å². The van der Waals surface area contributed by atoms with Crippen LogP contribution in [0.3, 0.4) is 0 Å². The van der Waals surface area contributed by atoms with E-state index in [0.717, 1.165) is 5.56 Å². The highest BCUT2D eigenvalue weighted by atomic mass is 35.5. The number of fused-ring (bicyclic) bond motifs is 1. The number of benzene rings is 1. The first-order chi connectivity index (χ1) is 11.0. The van der Waals surface area contributed by atoms with Gasteiger partial charge >= 0.3 is 0 Å². The number of nitrogens with zero attached hydrogens (tertiary/aromatic N) is 1. The van der Waals surface area contributed by atoms with Crippen molar-refractivity contribution in [1.82, 2.24) is 9.88 Å². The summed E-state index contributed by atoms with van der Waals surface area (Å²) in [6, 6.07) is 10.4. The van der Waals surface area contributed by atoms with E-state index >= 15 is 0 Å². The smallest absolute Gasteiger partial charge is 0.262 e. The lowest BCUT2D eigenvalue weighted by Crippen LogP contribution is -2.33. The third-order valence-electron chi connectivity index (χ3n) is 3.65. The average Bonchev–Trinajstić information content (AvgIpc) is 3.00. The molecule has 3 rings (SSSR count). The quantitative estimate of drug-likeness (QED) is 0.799. The second-order valence-corrected chi connectivity index (χ2v) is 5.72. The Morgan fingerprint density at radius 1 is 1.26 bits per heavy atom. The number of hydrogen-bond donors (Lipinski definition) is 1. The number of pyridine rings is 1. The largest absolute Gasteiger partial charge is 0.464 e. The van der Waals surface area contributed by atoms with Crippen LogP contribution in [-0.4, -0.2) is 10.5 Å². The summed E-state index contributed by atoms with van der Waals surface area (Å²) in [6.07, 6.45) is 3.01. The van der Waals surface area contributed by atoms with Crippen molar-refractivity contribution >= 4 is 28.5 Å². The highest BCUT2D eigenvalue weighted by Gasteiger charge is 2.12. The molecule has 1 N–H and O–H groups in total. The summed E-state index contributed by atoms with van der Waals surface area (Å²) in [7, 11) is 0. The summed E-state index contributed by atoms with van der Waals surface area (Å²) < 4.78 is 6.53. The molecule has 1 atom stereocenters. The van der Waals surface area contributed by atoms with E-state index in [4.69, 9.17) is 16.0 Å². The molecule has 0 bridgehead atoms. The minimum atomic E-state index is -0.245. The Bertz CT molecular complexity index is 896. The molecule has 6 heteroatoms. The lowest BCUT2D eigenvalue weighted by atomic mass is 10.1. The fourth-order valence-corrected chi connectivity index (χ4v) is 2.53. The molecule has 0 saturated carbocycles. The zero-order valence-electron chi connectivity index (χ0n) is 12.5. The first-order valence-electron chi connectivity index (χ1n) is 7.16. The van der Waals surface area contributed by atoms with Crippen LogP contribution < -0.4 is 10.9 Å². The second-order valence-electron chi connectivity index (χ2n) is 5.29. The van der Waals surface area contributed by atoms with Gasteiger partial charge in [0.25, 0.3) is 5.56 Å². The van der Waals surface area contributed by atoms with Crippen molar-refractivity contribution in [2.45, 2.75) is 19.5 Å². The van der Waals surface area contributed by atoms with Crippen molar-refractivity contribution in [3.63, 3.8) is 0 Å².